The molecule has 2 N–H and O–H groups in total. The molecule has 2 rings (SSSR count). The quantitative estimate of drug-likeness (QED) is 0.894. The predicted molar refractivity (Wildman–Crippen MR) is 74.9 cm³/mol. The van der Waals surface area contributed by atoms with Crippen LogP contribution in [0.25, 0.3) is 0 Å². The fraction of sp³-hybridized carbons (Fsp3) is 0.643. The summed E-state index contributed by atoms with van der Waals surface area (Å²) in [5.74, 6) is 1.49. The van der Waals surface area contributed by atoms with Gasteiger partial charge >= 0.3 is 0 Å². The number of rotatable bonds is 4. The lowest BCUT2D eigenvalue weighted by molar-refractivity contribution is -0.118. The first-order chi connectivity index (χ1) is 9.10. The lowest BCUT2D eigenvalue weighted by Gasteiger charge is -2.36. The SMILES string of the molecule is CCc1cc(N2CCCCC2CC(N)=O)nc(C)n1. The molecule has 5 heteroatoms. The molecule has 1 atom stereocenters. The molecule has 0 spiro atoms. The zero-order chi connectivity index (χ0) is 13.8. The van der Waals surface area contributed by atoms with Crippen molar-refractivity contribution in [1.29, 1.82) is 0 Å². The molecule has 0 aliphatic carbocycles. The van der Waals surface area contributed by atoms with E-state index in [2.05, 4.69) is 21.8 Å². The lowest BCUT2D eigenvalue weighted by atomic mass is 9.99. The Morgan fingerprint density at radius 3 is 2.95 bits per heavy atom. The van der Waals surface area contributed by atoms with Crippen molar-refractivity contribution >= 4 is 11.7 Å². The largest absolute Gasteiger partial charge is 0.370 e. The topological polar surface area (TPSA) is 72.1 Å². The zero-order valence-corrected chi connectivity index (χ0v) is 11.7. The summed E-state index contributed by atoms with van der Waals surface area (Å²) in [5.41, 5.74) is 6.40. The molecule has 1 fully saturated rings. The van der Waals surface area contributed by atoms with E-state index in [4.69, 9.17) is 5.73 Å². The highest BCUT2D eigenvalue weighted by Gasteiger charge is 2.25. The van der Waals surface area contributed by atoms with Gasteiger partial charge in [0.05, 0.1) is 0 Å². The Bertz CT molecular complexity index is 461. The Balaban J connectivity index is 2.26. The van der Waals surface area contributed by atoms with Gasteiger partial charge in [0.1, 0.15) is 11.6 Å². The van der Waals surface area contributed by atoms with Crippen LogP contribution >= 0.6 is 0 Å². The number of aromatic nitrogens is 2. The maximum absolute atomic E-state index is 11.2. The molecule has 5 nitrogen and oxygen atoms in total. The van der Waals surface area contributed by atoms with Crippen LogP contribution in [0.2, 0.25) is 0 Å². The average Bonchev–Trinajstić information content (AvgIpc) is 2.38. The third kappa shape index (κ3) is 3.43. The second-order valence-corrected chi connectivity index (χ2v) is 5.13. The van der Waals surface area contributed by atoms with Crippen LogP contribution in [0.1, 0.15) is 44.1 Å². The molecular weight excluding hydrogens is 240 g/mol. The number of nitrogens with zero attached hydrogens (tertiary/aromatic N) is 3. The first-order valence-electron chi connectivity index (χ1n) is 6.99. The number of hydrogen-bond acceptors (Lipinski definition) is 4. The molecule has 19 heavy (non-hydrogen) atoms. The molecule has 1 aliphatic rings. The van der Waals surface area contributed by atoms with Crippen LogP contribution in [0.3, 0.4) is 0 Å². The minimum absolute atomic E-state index is 0.185. The smallest absolute Gasteiger partial charge is 0.219 e. The number of amides is 1. The van der Waals surface area contributed by atoms with Gasteiger partial charge in [-0.05, 0) is 32.6 Å². The number of carbonyl (C=O) groups is 1. The van der Waals surface area contributed by atoms with E-state index in [1.807, 2.05) is 13.0 Å². The number of aryl methyl sites for hydroxylation is 2. The van der Waals surface area contributed by atoms with Gasteiger partial charge in [-0.25, -0.2) is 9.97 Å². The molecule has 1 unspecified atom stereocenters. The van der Waals surface area contributed by atoms with Crippen LogP contribution in [-0.2, 0) is 11.2 Å². The van der Waals surface area contributed by atoms with Crippen molar-refractivity contribution in [2.75, 3.05) is 11.4 Å². The summed E-state index contributed by atoms with van der Waals surface area (Å²) in [6.07, 6.45) is 4.60. The van der Waals surface area contributed by atoms with E-state index in [1.54, 1.807) is 0 Å². The van der Waals surface area contributed by atoms with Crippen molar-refractivity contribution in [3.8, 4) is 0 Å². The van der Waals surface area contributed by atoms with Gasteiger partial charge in [0.15, 0.2) is 0 Å². The summed E-state index contributed by atoms with van der Waals surface area (Å²) in [7, 11) is 0. The first kappa shape index (κ1) is 13.8. The monoisotopic (exact) mass is 262 g/mol. The normalized spacial score (nSPS) is 19.5. The van der Waals surface area contributed by atoms with Gasteiger partial charge in [-0.3, -0.25) is 4.79 Å². The minimum Gasteiger partial charge on any atom is -0.370 e. The molecule has 0 radical (unpaired) electrons. The summed E-state index contributed by atoms with van der Waals surface area (Å²) in [5, 5.41) is 0. The molecule has 0 aromatic carbocycles. The highest BCUT2D eigenvalue weighted by molar-refractivity contribution is 5.75. The Hall–Kier alpha value is -1.65. The van der Waals surface area contributed by atoms with Crippen molar-refractivity contribution in [3.05, 3.63) is 17.6 Å². The Morgan fingerprint density at radius 2 is 2.26 bits per heavy atom. The summed E-state index contributed by atoms with van der Waals surface area (Å²) < 4.78 is 0. The van der Waals surface area contributed by atoms with Crippen LogP contribution in [0.5, 0.6) is 0 Å². The minimum atomic E-state index is -0.238. The maximum atomic E-state index is 11.2. The van der Waals surface area contributed by atoms with E-state index in [0.717, 1.165) is 49.6 Å². The van der Waals surface area contributed by atoms with Gasteiger partial charge in [0, 0.05) is 30.8 Å². The zero-order valence-electron chi connectivity index (χ0n) is 11.7. The molecular formula is C14H22N4O. The van der Waals surface area contributed by atoms with Crippen LogP contribution < -0.4 is 10.6 Å². The van der Waals surface area contributed by atoms with Crippen molar-refractivity contribution in [2.45, 2.75) is 52.0 Å². The maximum Gasteiger partial charge on any atom is 0.219 e. The van der Waals surface area contributed by atoms with Crippen LogP contribution in [-0.4, -0.2) is 28.5 Å². The van der Waals surface area contributed by atoms with Crippen molar-refractivity contribution in [3.63, 3.8) is 0 Å². The van der Waals surface area contributed by atoms with Crippen LogP contribution in [0.4, 0.5) is 5.82 Å². The molecule has 1 aromatic heterocycles. The molecule has 0 bridgehead atoms. The summed E-state index contributed by atoms with van der Waals surface area (Å²) in [4.78, 5) is 22.4. The third-order valence-corrected chi connectivity index (χ3v) is 3.60. The van der Waals surface area contributed by atoms with Gasteiger partial charge < -0.3 is 10.6 Å². The van der Waals surface area contributed by atoms with Gasteiger partial charge in [0.2, 0.25) is 5.91 Å². The number of piperidine rings is 1. The number of nitrogens with two attached hydrogens (primary N) is 1. The second kappa shape index (κ2) is 5.99. The molecule has 0 saturated carbocycles. The molecule has 1 amide bonds. The van der Waals surface area contributed by atoms with E-state index >= 15 is 0 Å². The van der Waals surface area contributed by atoms with E-state index < -0.39 is 0 Å². The molecule has 2 heterocycles. The number of primary amides is 1. The van der Waals surface area contributed by atoms with Crippen LogP contribution in [0.15, 0.2) is 6.07 Å². The van der Waals surface area contributed by atoms with E-state index in [9.17, 15) is 4.79 Å². The summed E-state index contributed by atoms with van der Waals surface area (Å²) >= 11 is 0. The van der Waals surface area contributed by atoms with Crippen molar-refractivity contribution in [1.82, 2.24) is 9.97 Å². The fourth-order valence-corrected chi connectivity index (χ4v) is 2.69. The van der Waals surface area contributed by atoms with Gasteiger partial charge in [-0.15, -0.1) is 0 Å². The highest BCUT2D eigenvalue weighted by atomic mass is 16.1. The summed E-state index contributed by atoms with van der Waals surface area (Å²) in [6, 6.07) is 2.22. The third-order valence-electron chi connectivity index (χ3n) is 3.60. The van der Waals surface area contributed by atoms with Crippen LogP contribution in [0, 0.1) is 6.92 Å². The Morgan fingerprint density at radius 1 is 1.47 bits per heavy atom. The van der Waals surface area contributed by atoms with Gasteiger partial charge in [0.25, 0.3) is 0 Å². The number of carbonyl (C=O) groups excluding carboxylic acids is 1. The average molecular weight is 262 g/mol. The van der Waals surface area contributed by atoms with E-state index in [-0.39, 0.29) is 11.9 Å². The van der Waals surface area contributed by atoms with Crippen molar-refractivity contribution in [2.24, 2.45) is 5.73 Å². The predicted octanol–water partition coefficient (Wildman–Crippen LogP) is 1.58. The standard InChI is InChI=1S/C14H22N4O/c1-3-11-8-14(17-10(2)16-11)18-7-5-4-6-12(18)9-13(15)19/h8,12H,3-7,9H2,1-2H3,(H2,15,19). The van der Waals surface area contributed by atoms with Gasteiger partial charge in [-0.2, -0.15) is 0 Å². The van der Waals surface area contributed by atoms with Crippen molar-refractivity contribution < 1.29 is 4.79 Å². The lowest BCUT2D eigenvalue weighted by Crippen LogP contribution is -2.42. The molecule has 1 aliphatic heterocycles. The highest BCUT2D eigenvalue weighted by Crippen LogP contribution is 2.25. The Kier molecular flexibility index (Phi) is 4.35. The van der Waals surface area contributed by atoms with E-state index in [0.29, 0.717) is 6.42 Å². The number of anilines is 1. The molecule has 1 aromatic rings. The fourth-order valence-electron chi connectivity index (χ4n) is 2.69. The number of hydrogen-bond donors (Lipinski definition) is 1. The molecule has 1 saturated heterocycles. The summed E-state index contributed by atoms with van der Waals surface area (Å²) in [6.45, 7) is 4.94. The van der Waals surface area contributed by atoms with Gasteiger partial charge in [-0.1, -0.05) is 6.92 Å². The van der Waals surface area contributed by atoms with E-state index in [1.165, 1.54) is 0 Å². The molecule has 104 valence electrons. The Labute approximate surface area is 114 Å². The second-order valence-electron chi connectivity index (χ2n) is 5.13. The first-order valence-corrected chi connectivity index (χ1v) is 6.99.